The van der Waals surface area contributed by atoms with Gasteiger partial charge >= 0.3 is 0 Å². The molecule has 0 radical (unpaired) electrons. The van der Waals surface area contributed by atoms with E-state index in [1.165, 1.54) is 5.56 Å². The molecule has 2 N–H and O–H groups in total. The highest BCUT2D eigenvalue weighted by Crippen LogP contribution is 2.37. The number of ether oxygens (including phenoxy) is 2. The predicted molar refractivity (Wildman–Crippen MR) is 54.8 cm³/mol. The quantitative estimate of drug-likeness (QED) is 0.778. The number of aryl methyl sites for hydroxylation is 1. The van der Waals surface area contributed by atoms with Gasteiger partial charge in [-0.15, -0.1) is 0 Å². The van der Waals surface area contributed by atoms with Crippen molar-refractivity contribution in [2.24, 2.45) is 5.73 Å². The summed E-state index contributed by atoms with van der Waals surface area (Å²) in [6.45, 7) is 5.12. The molecule has 14 heavy (non-hydrogen) atoms. The standard InChI is InChI=1S/C11H15NO2/c1-7-3-9(8(2)5-12)4-10-11(7)14-6-13-10/h3-4,8H,5-6,12H2,1-2H3. The molecule has 0 bridgehead atoms. The normalized spacial score (nSPS) is 15.6. The van der Waals surface area contributed by atoms with E-state index in [9.17, 15) is 0 Å². The first-order chi connectivity index (χ1) is 6.72. The summed E-state index contributed by atoms with van der Waals surface area (Å²) in [4.78, 5) is 0. The summed E-state index contributed by atoms with van der Waals surface area (Å²) in [7, 11) is 0. The van der Waals surface area contributed by atoms with Crippen molar-refractivity contribution in [1.29, 1.82) is 0 Å². The molecule has 76 valence electrons. The van der Waals surface area contributed by atoms with E-state index in [2.05, 4.69) is 13.0 Å². The van der Waals surface area contributed by atoms with Gasteiger partial charge in [-0.1, -0.05) is 13.0 Å². The van der Waals surface area contributed by atoms with Gasteiger partial charge in [-0.3, -0.25) is 0 Å². The van der Waals surface area contributed by atoms with E-state index in [0.29, 0.717) is 19.3 Å². The van der Waals surface area contributed by atoms with Gasteiger partial charge in [0, 0.05) is 0 Å². The monoisotopic (exact) mass is 193 g/mol. The van der Waals surface area contributed by atoms with E-state index in [1.807, 2.05) is 13.0 Å². The van der Waals surface area contributed by atoms with Crippen molar-refractivity contribution >= 4 is 0 Å². The number of fused-ring (bicyclic) bond motifs is 1. The Kier molecular flexibility index (Phi) is 2.33. The minimum Gasteiger partial charge on any atom is -0.454 e. The Bertz CT molecular complexity index is 349. The summed E-state index contributed by atoms with van der Waals surface area (Å²) in [5.74, 6) is 2.08. The molecule has 1 heterocycles. The van der Waals surface area contributed by atoms with E-state index in [1.54, 1.807) is 0 Å². The molecule has 0 fully saturated rings. The molecule has 0 amide bonds. The van der Waals surface area contributed by atoms with Crippen LogP contribution in [0, 0.1) is 6.92 Å². The molecule has 0 saturated carbocycles. The van der Waals surface area contributed by atoms with Crippen molar-refractivity contribution in [2.75, 3.05) is 13.3 Å². The molecule has 1 aliphatic heterocycles. The number of benzene rings is 1. The van der Waals surface area contributed by atoms with Gasteiger partial charge < -0.3 is 15.2 Å². The lowest BCUT2D eigenvalue weighted by molar-refractivity contribution is 0.173. The smallest absolute Gasteiger partial charge is 0.231 e. The largest absolute Gasteiger partial charge is 0.454 e. The second-order valence-corrected chi connectivity index (χ2v) is 3.71. The van der Waals surface area contributed by atoms with Crippen molar-refractivity contribution in [3.05, 3.63) is 23.3 Å². The Morgan fingerprint density at radius 1 is 1.43 bits per heavy atom. The van der Waals surface area contributed by atoms with E-state index >= 15 is 0 Å². The molecule has 1 aliphatic rings. The molecule has 0 saturated heterocycles. The molecular weight excluding hydrogens is 178 g/mol. The molecule has 3 heteroatoms. The predicted octanol–water partition coefficient (Wildman–Crippen LogP) is 1.79. The minimum atomic E-state index is 0.330. The van der Waals surface area contributed by atoms with Crippen LogP contribution in [0.2, 0.25) is 0 Å². The molecule has 3 nitrogen and oxygen atoms in total. The molecule has 1 atom stereocenters. The van der Waals surface area contributed by atoms with Gasteiger partial charge in [0.2, 0.25) is 6.79 Å². The fourth-order valence-corrected chi connectivity index (χ4v) is 1.63. The summed E-state index contributed by atoms with van der Waals surface area (Å²) >= 11 is 0. The molecule has 1 unspecified atom stereocenters. The lowest BCUT2D eigenvalue weighted by atomic mass is 9.98. The molecule has 1 aromatic carbocycles. The van der Waals surface area contributed by atoms with E-state index in [0.717, 1.165) is 17.1 Å². The van der Waals surface area contributed by atoms with E-state index in [-0.39, 0.29) is 0 Å². The van der Waals surface area contributed by atoms with Crippen molar-refractivity contribution in [3.8, 4) is 11.5 Å². The first-order valence-corrected chi connectivity index (χ1v) is 4.82. The van der Waals surface area contributed by atoms with E-state index < -0.39 is 0 Å². The highest BCUT2D eigenvalue weighted by Gasteiger charge is 2.18. The van der Waals surface area contributed by atoms with Crippen LogP contribution in [0.25, 0.3) is 0 Å². The van der Waals surface area contributed by atoms with Gasteiger partial charge in [-0.2, -0.15) is 0 Å². The Labute approximate surface area is 83.8 Å². The SMILES string of the molecule is Cc1cc(C(C)CN)cc2c1OCO2. The summed E-state index contributed by atoms with van der Waals surface area (Å²) in [5, 5.41) is 0. The van der Waals surface area contributed by atoms with Crippen LogP contribution < -0.4 is 15.2 Å². The zero-order chi connectivity index (χ0) is 10.1. The average Bonchev–Trinajstić information content (AvgIpc) is 2.64. The van der Waals surface area contributed by atoms with Gasteiger partial charge in [0.25, 0.3) is 0 Å². The van der Waals surface area contributed by atoms with Crippen molar-refractivity contribution in [1.82, 2.24) is 0 Å². The van der Waals surface area contributed by atoms with Gasteiger partial charge in [0.05, 0.1) is 0 Å². The van der Waals surface area contributed by atoms with Gasteiger partial charge in [0.1, 0.15) is 0 Å². The lowest BCUT2D eigenvalue weighted by Gasteiger charge is -2.11. The first kappa shape index (κ1) is 9.34. The molecule has 1 aromatic rings. The third kappa shape index (κ3) is 1.44. The van der Waals surface area contributed by atoms with Crippen LogP contribution in [0.1, 0.15) is 24.0 Å². The summed E-state index contributed by atoms with van der Waals surface area (Å²) in [6.07, 6.45) is 0. The Morgan fingerprint density at radius 2 is 2.21 bits per heavy atom. The average molecular weight is 193 g/mol. The Morgan fingerprint density at radius 3 is 2.93 bits per heavy atom. The Hall–Kier alpha value is -1.22. The summed E-state index contributed by atoms with van der Waals surface area (Å²) < 4.78 is 10.7. The van der Waals surface area contributed by atoms with Crippen LogP contribution >= 0.6 is 0 Å². The molecule has 0 aromatic heterocycles. The van der Waals surface area contributed by atoms with Crippen LogP contribution in [0.4, 0.5) is 0 Å². The second-order valence-electron chi connectivity index (χ2n) is 3.71. The van der Waals surface area contributed by atoms with Gasteiger partial charge in [-0.05, 0) is 36.6 Å². The third-order valence-electron chi connectivity index (χ3n) is 2.60. The molecular formula is C11H15NO2. The molecule has 2 rings (SSSR count). The maximum Gasteiger partial charge on any atom is 0.231 e. The minimum absolute atomic E-state index is 0.330. The van der Waals surface area contributed by atoms with Crippen molar-refractivity contribution < 1.29 is 9.47 Å². The molecule has 0 spiro atoms. The topological polar surface area (TPSA) is 44.5 Å². The van der Waals surface area contributed by atoms with Crippen LogP contribution in [-0.4, -0.2) is 13.3 Å². The lowest BCUT2D eigenvalue weighted by Crippen LogP contribution is -2.08. The number of nitrogens with two attached hydrogens (primary N) is 1. The fourth-order valence-electron chi connectivity index (χ4n) is 1.63. The maximum atomic E-state index is 5.63. The zero-order valence-corrected chi connectivity index (χ0v) is 8.54. The first-order valence-electron chi connectivity index (χ1n) is 4.82. The highest BCUT2D eigenvalue weighted by molar-refractivity contribution is 5.51. The van der Waals surface area contributed by atoms with Crippen LogP contribution in [0.15, 0.2) is 12.1 Å². The van der Waals surface area contributed by atoms with Crippen LogP contribution in [0.5, 0.6) is 11.5 Å². The number of hydrogen-bond donors (Lipinski definition) is 1. The van der Waals surface area contributed by atoms with Crippen LogP contribution in [-0.2, 0) is 0 Å². The maximum absolute atomic E-state index is 5.63. The van der Waals surface area contributed by atoms with Crippen molar-refractivity contribution in [3.63, 3.8) is 0 Å². The summed E-state index contributed by atoms with van der Waals surface area (Å²) in [6, 6.07) is 4.14. The highest BCUT2D eigenvalue weighted by atomic mass is 16.7. The fraction of sp³-hybridized carbons (Fsp3) is 0.455. The molecule has 0 aliphatic carbocycles. The third-order valence-corrected chi connectivity index (χ3v) is 2.60. The van der Waals surface area contributed by atoms with Gasteiger partial charge in [0.15, 0.2) is 11.5 Å². The van der Waals surface area contributed by atoms with Crippen LogP contribution in [0.3, 0.4) is 0 Å². The Balaban J connectivity index is 2.41. The number of rotatable bonds is 2. The second kappa shape index (κ2) is 3.50. The van der Waals surface area contributed by atoms with Crippen molar-refractivity contribution in [2.45, 2.75) is 19.8 Å². The van der Waals surface area contributed by atoms with E-state index in [4.69, 9.17) is 15.2 Å². The zero-order valence-electron chi connectivity index (χ0n) is 8.54. The summed E-state index contributed by atoms with van der Waals surface area (Å²) in [5.41, 5.74) is 7.96. The van der Waals surface area contributed by atoms with Gasteiger partial charge in [-0.25, -0.2) is 0 Å². The number of hydrogen-bond acceptors (Lipinski definition) is 3.